The zero-order valence-electron chi connectivity index (χ0n) is 59.7. The van der Waals surface area contributed by atoms with Crippen LogP contribution in [-0.2, 0) is 73.4 Å². The van der Waals surface area contributed by atoms with Crippen molar-refractivity contribution >= 4 is 76.9 Å². The number of aromatic amines is 1. The molecule has 33 nitrogen and oxygen atoms in total. The molecule has 17 atom stereocenters. The van der Waals surface area contributed by atoms with Gasteiger partial charge in [0.2, 0.25) is 53.2 Å². The van der Waals surface area contributed by atoms with Gasteiger partial charge in [-0.25, -0.2) is 9.59 Å². The number of likely N-dealkylation sites (N-methyl/N-ethyl adjacent to an activating group) is 1. The standard InChI is InChI=1S/C70H99N11O22S/c1-10-38(4)54-63(93)79-57-44-22-24-45(25-23-44)102-42(8)70(99,36-104-31-16-12-15-29-71-49(83)20-17-21-50(84)72-33-48-59(89)60(90)67(103-48)81-30-27-52(86)75-69(81)98)28-26-51(85)73-34-53(87)100-35-46(68(97)101-41(7)56(65(95)76-54)78-61(91)39(5)58(88)37(2)3)74-64(94)55(40(6)82)77-62(92)47(80(9)66(57)96)32-43-18-13-11-14-19-43/h11,13-14,18-19,22-28,30,37-42,46-48,54-60,67,82,88-90,99H,10,12,15-17,20-21,29,31-36H2,1-9H3,(H,71,83)(H,72,84)(H,73,85)(H,74,94)(H,76,95)(H,77,92)(H,78,91)(H,79,93)(H,75,86,98)/b28-26+/t38-,39+,40+,41+,42-,46-,47-,48+,54+,55+,56-,57-,58+,59+,60+,67+,70+/m0/s1. The average molecular weight is 1480 g/mol. The van der Waals surface area contributed by atoms with Crippen LogP contribution in [0.25, 0.3) is 0 Å². The number of rotatable bonds is 24. The minimum atomic E-state index is -2.03. The van der Waals surface area contributed by atoms with Crippen LogP contribution in [0.2, 0.25) is 0 Å². The number of nitrogens with one attached hydrogen (secondary N) is 9. The summed E-state index contributed by atoms with van der Waals surface area (Å²) in [5.41, 5.74) is -2.82. The number of ether oxygens (including phenoxy) is 4. The Morgan fingerprint density at radius 3 is 2.08 bits per heavy atom. The van der Waals surface area contributed by atoms with Crippen LogP contribution in [0.4, 0.5) is 0 Å². The van der Waals surface area contributed by atoms with Crippen LogP contribution >= 0.6 is 11.8 Å². The Morgan fingerprint density at radius 2 is 1.42 bits per heavy atom. The van der Waals surface area contributed by atoms with Crippen LogP contribution in [0.5, 0.6) is 5.75 Å². The van der Waals surface area contributed by atoms with E-state index in [2.05, 4.69) is 42.5 Å². The summed E-state index contributed by atoms with van der Waals surface area (Å²) >= 11 is 1.31. The number of cyclic esters (lactones) is 1. The molecule has 104 heavy (non-hydrogen) atoms. The van der Waals surface area contributed by atoms with E-state index in [0.29, 0.717) is 37.1 Å². The third-order valence-electron chi connectivity index (χ3n) is 18.3. The van der Waals surface area contributed by atoms with Gasteiger partial charge in [-0.05, 0) is 87.0 Å². The van der Waals surface area contributed by atoms with Gasteiger partial charge in [-0.2, -0.15) is 11.8 Å². The molecule has 0 radical (unpaired) electrons. The first-order chi connectivity index (χ1) is 49.2. The number of carbonyl (C=O) groups excluding carboxylic acids is 11. The lowest BCUT2D eigenvalue weighted by Crippen LogP contribution is -2.61. The van der Waals surface area contributed by atoms with Gasteiger partial charge in [0, 0.05) is 63.5 Å². The molecule has 0 saturated carbocycles. The lowest BCUT2D eigenvalue weighted by atomic mass is 9.93. The number of hydrogen-bond donors (Lipinski definition) is 14. The first kappa shape index (κ1) is 83.9. The maximum atomic E-state index is 15.5. The van der Waals surface area contributed by atoms with Crippen molar-refractivity contribution < 1.29 is 97.2 Å². The number of aliphatic hydroxyl groups excluding tert-OH is 4. The maximum absolute atomic E-state index is 15.5. The normalized spacial score (nSPS) is 27.2. The van der Waals surface area contributed by atoms with Gasteiger partial charge in [-0.15, -0.1) is 0 Å². The van der Waals surface area contributed by atoms with E-state index in [1.165, 1.54) is 69.9 Å². The molecule has 4 aliphatic heterocycles. The smallest absolute Gasteiger partial charge is 0.332 e. The molecule has 2 fully saturated rings. The van der Waals surface area contributed by atoms with Gasteiger partial charge >= 0.3 is 17.6 Å². The highest BCUT2D eigenvalue weighted by molar-refractivity contribution is 7.99. The van der Waals surface area contributed by atoms with Crippen molar-refractivity contribution in [3.05, 3.63) is 111 Å². The summed E-state index contributed by atoms with van der Waals surface area (Å²) in [7, 11) is 1.28. The summed E-state index contributed by atoms with van der Waals surface area (Å²) in [5, 5.41) is 76.0. The monoisotopic (exact) mass is 1480 g/mol. The highest BCUT2D eigenvalue weighted by Gasteiger charge is 2.46. The number of nitrogens with zero attached hydrogens (tertiary/aromatic N) is 2. The number of fused-ring (bicyclic) bond motifs is 11. The first-order valence-electron chi connectivity index (χ1n) is 34.7. The Kier molecular flexibility index (Phi) is 32.0. The summed E-state index contributed by atoms with van der Waals surface area (Å²) in [6, 6.07) is 4.76. The largest absolute Gasteiger partial charge is 0.487 e. The van der Waals surface area contributed by atoms with Crippen molar-refractivity contribution in [2.45, 2.75) is 198 Å². The van der Waals surface area contributed by atoms with Gasteiger partial charge in [0.1, 0.15) is 85.2 Å². The van der Waals surface area contributed by atoms with E-state index in [9.17, 15) is 78.3 Å². The minimum Gasteiger partial charge on any atom is -0.487 e. The van der Waals surface area contributed by atoms with Gasteiger partial charge < -0.3 is 91.9 Å². The second-order valence-corrected chi connectivity index (χ2v) is 27.8. The summed E-state index contributed by atoms with van der Waals surface area (Å²) < 4.78 is 24.1. The molecule has 2 aromatic carbocycles. The second kappa shape index (κ2) is 39.7. The highest BCUT2D eigenvalue weighted by Crippen LogP contribution is 2.30. The Bertz CT molecular complexity index is 3620. The van der Waals surface area contributed by atoms with E-state index in [4.69, 9.17) is 18.9 Å². The molecular weight excluding hydrogens is 1380 g/mol. The number of unbranched alkanes of at least 4 members (excludes halogenated alkanes) is 2. The summed E-state index contributed by atoms with van der Waals surface area (Å²) in [5.74, 6) is -12.0. The molecule has 9 amide bonds. The summed E-state index contributed by atoms with van der Waals surface area (Å²) in [6.07, 6.45) is -5.93. The number of hydrogen-bond acceptors (Lipinski definition) is 23. The summed E-state index contributed by atoms with van der Waals surface area (Å²) in [6.45, 7) is 10.2. The Morgan fingerprint density at radius 1 is 0.760 bits per heavy atom. The lowest BCUT2D eigenvalue weighted by molar-refractivity contribution is -0.160. The molecule has 14 N–H and O–H groups in total. The third-order valence-corrected chi connectivity index (χ3v) is 19.5. The number of amides is 9. The van der Waals surface area contributed by atoms with E-state index in [1.807, 2.05) is 4.98 Å². The molecule has 572 valence electrons. The Hall–Kier alpha value is -9.06. The van der Waals surface area contributed by atoms with Crippen molar-refractivity contribution in [1.29, 1.82) is 0 Å². The zero-order chi connectivity index (χ0) is 76.7. The molecular formula is C70H99N11O22S. The molecule has 34 heteroatoms. The van der Waals surface area contributed by atoms with Crippen molar-refractivity contribution in [1.82, 2.24) is 57.0 Å². The van der Waals surface area contributed by atoms with Crippen molar-refractivity contribution in [3.63, 3.8) is 0 Å². The molecule has 7 rings (SSSR count). The van der Waals surface area contributed by atoms with Crippen LogP contribution in [0, 0.1) is 17.8 Å². The Labute approximate surface area is 605 Å². The predicted octanol–water partition coefficient (Wildman–Crippen LogP) is -1.92. The predicted molar refractivity (Wildman–Crippen MR) is 375 cm³/mol. The molecule has 0 spiro atoms. The molecule has 3 aromatic rings. The Balaban J connectivity index is 1.23. The van der Waals surface area contributed by atoms with Gasteiger partial charge in [-0.1, -0.05) is 89.9 Å². The maximum Gasteiger partial charge on any atom is 0.332 e. The number of carbonyl (C=O) groups is 11. The SMILES string of the molecule is CC[C@H](C)[C@H]1NC(=O)[C@@H](NC(=O)[C@H](C)[C@H](O)C(C)C)[C@@H](C)OC(=O)[C@@H]2COC(=O)CNC(=O)/C=C/[C@@](O)(CSCCCCCNC(=O)CCCC(=O)NC[C@H]3O[C@@H](n4ccc(=O)[nH]c4=O)[C@H](O)[C@@H]3O)[C@H](C)Oc3ccc(cc3)[C@H](NC1=O)C(=O)N(C)[C@@H](Cc1ccccc1)C(=O)N[C@H]([C@@H](C)O)C(=O)N2. The van der Waals surface area contributed by atoms with E-state index >= 15 is 9.59 Å². The number of aliphatic hydroxyl groups is 5. The minimum absolute atomic E-state index is 0.0259. The molecule has 0 unspecified atom stereocenters. The first-order valence-corrected chi connectivity index (χ1v) is 35.8. The lowest BCUT2D eigenvalue weighted by Gasteiger charge is -2.34. The number of benzene rings is 2. The fourth-order valence-electron chi connectivity index (χ4n) is 11.4. The van der Waals surface area contributed by atoms with Crippen molar-refractivity contribution in [2.24, 2.45) is 17.8 Å². The second-order valence-electron chi connectivity index (χ2n) is 26.6. The average Bonchev–Trinajstić information content (AvgIpc) is 1.66. The van der Waals surface area contributed by atoms with Gasteiger partial charge in [0.05, 0.1) is 18.1 Å². The number of thioether (sulfide) groups is 1. The fourth-order valence-corrected chi connectivity index (χ4v) is 12.6. The molecule has 4 bridgehead atoms. The van der Waals surface area contributed by atoms with E-state index in [1.54, 1.807) is 58.0 Å². The third kappa shape index (κ3) is 24.0. The van der Waals surface area contributed by atoms with Crippen LogP contribution < -0.4 is 58.5 Å². The summed E-state index contributed by atoms with van der Waals surface area (Å²) in [4.78, 5) is 182. The van der Waals surface area contributed by atoms with Gasteiger partial charge in [0.15, 0.2) is 12.3 Å². The molecule has 5 heterocycles. The molecule has 4 aliphatic rings. The molecule has 0 aliphatic carbocycles. The fraction of sp³-hybridized carbons (Fsp3) is 0.586. The van der Waals surface area contributed by atoms with Crippen LogP contribution in [0.15, 0.2) is 88.6 Å². The van der Waals surface area contributed by atoms with Crippen molar-refractivity contribution in [2.75, 3.05) is 44.8 Å². The van der Waals surface area contributed by atoms with Gasteiger partial charge in [0.25, 0.3) is 5.56 Å². The van der Waals surface area contributed by atoms with Gasteiger partial charge in [-0.3, -0.25) is 62.3 Å². The number of H-pyrrole nitrogens is 1. The highest BCUT2D eigenvalue weighted by atomic mass is 32.2. The van der Waals surface area contributed by atoms with Crippen molar-refractivity contribution in [3.8, 4) is 5.75 Å². The zero-order valence-corrected chi connectivity index (χ0v) is 60.5. The molecule has 1 aromatic heterocycles. The number of esters is 2. The number of aromatic nitrogens is 2. The van der Waals surface area contributed by atoms with Crippen LogP contribution in [0.3, 0.4) is 0 Å². The van der Waals surface area contributed by atoms with E-state index in [0.717, 1.165) is 34.7 Å². The van der Waals surface area contributed by atoms with E-state index in [-0.39, 0.29) is 61.6 Å². The van der Waals surface area contributed by atoms with Crippen LogP contribution in [-0.4, -0.2) is 228 Å². The van der Waals surface area contributed by atoms with E-state index < -0.39 is 192 Å². The van der Waals surface area contributed by atoms with Crippen LogP contribution in [0.1, 0.15) is 124 Å². The quantitative estimate of drug-likeness (QED) is 0.0343. The topological polar surface area (TPSA) is 480 Å². The molecule has 2 saturated heterocycles.